The Labute approximate surface area is 102 Å². The lowest BCUT2D eigenvalue weighted by Crippen LogP contribution is -2.26. The molecule has 0 fully saturated rings. The van der Waals surface area contributed by atoms with Gasteiger partial charge in [-0.3, -0.25) is 4.98 Å². The highest BCUT2D eigenvalue weighted by Gasteiger charge is 2.09. The Balaban J connectivity index is 2.47. The molecule has 0 aromatic carbocycles. The molecule has 0 aliphatic heterocycles. The highest BCUT2D eigenvalue weighted by molar-refractivity contribution is 7.89. The van der Waals surface area contributed by atoms with Crippen molar-refractivity contribution >= 4 is 10.0 Å². The van der Waals surface area contributed by atoms with Gasteiger partial charge in [0, 0.05) is 18.9 Å². The molecule has 1 aromatic heterocycles. The van der Waals surface area contributed by atoms with Gasteiger partial charge in [0.1, 0.15) is 0 Å². The first-order valence-corrected chi connectivity index (χ1v) is 7.27. The average Bonchev–Trinajstić information content (AvgIpc) is 2.28. The van der Waals surface area contributed by atoms with Gasteiger partial charge in [0.05, 0.1) is 5.75 Å². The summed E-state index contributed by atoms with van der Waals surface area (Å²) >= 11 is 0. The van der Waals surface area contributed by atoms with E-state index in [-0.39, 0.29) is 5.75 Å². The zero-order chi connectivity index (χ0) is 12.7. The minimum atomic E-state index is -3.19. The third-order valence-electron chi connectivity index (χ3n) is 2.49. The molecule has 3 N–H and O–H groups in total. The van der Waals surface area contributed by atoms with E-state index in [1.165, 1.54) is 0 Å². The van der Waals surface area contributed by atoms with Gasteiger partial charge in [0.2, 0.25) is 10.0 Å². The number of nitrogens with zero attached hydrogens (tertiary/aromatic N) is 1. The van der Waals surface area contributed by atoms with E-state index in [1.54, 1.807) is 12.4 Å². The van der Waals surface area contributed by atoms with Crippen LogP contribution in [-0.4, -0.2) is 25.7 Å². The molecule has 6 heteroatoms. The van der Waals surface area contributed by atoms with Crippen molar-refractivity contribution in [1.82, 2.24) is 9.71 Å². The summed E-state index contributed by atoms with van der Waals surface area (Å²) in [6.07, 6.45) is 4.71. The van der Waals surface area contributed by atoms with Gasteiger partial charge in [-0.15, -0.1) is 0 Å². The molecule has 1 heterocycles. The van der Waals surface area contributed by atoms with Gasteiger partial charge in [-0.05, 0) is 43.5 Å². The zero-order valence-electron chi connectivity index (χ0n) is 10.0. The van der Waals surface area contributed by atoms with E-state index in [0.29, 0.717) is 19.5 Å². The Kier molecular flexibility index (Phi) is 5.54. The molecule has 0 radical (unpaired) electrons. The Hall–Kier alpha value is -0.980. The maximum absolute atomic E-state index is 11.6. The summed E-state index contributed by atoms with van der Waals surface area (Å²) in [6, 6.07) is 1.82. The molecule has 5 nitrogen and oxygen atoms in total. The number of hydrogen-bond acceptors (Lipinski definition) is 4. The fraction of sp³-hybridized carbons (Fsp3) is 0.545. The Morgan fingerprint density at radius 3 is 2.82 bits per heavy atom. The quantitative estimate of drug-likeness (QED) is 0.698. The summed E-state index contributed by atoms with van der Waals surface area (Å²) in [4.78, 5) is 3.96. The fourth-order valence-electron chi connectivity index (χ4n) is 1.40. The molecule has 0 saturated carbocycles. The molecule has 1 rings (SSSR count). The molecule has 0 unspecified atom stereocenters. The van der Waals surface area contributed by atoms with Crippen molar-refractivity contribution in [2.45, 2.75) is 26.3 Å². The van der Waals surface area contributed by atoms with Crippen molar-refractivity contribution in [1.29, 1.82) is 0 Å². The predicted molar refractivity (Wildman–Crippen MR) is 67.9 cm³/mol. The van der Waals surface area contributed by atoms with E-state index in [1.807, 2.05) is 13.0 Å². The first kappa shape index (κ1) is 14.1. The van der Waals surface area contributed by atoms with Crippen molar-refractivity contribution < 1.29 is 8.42 Å². The van der Waals surface area contributed by atoms with Crippen LogP contribution in [0, 0.1) is 6.92 Å². The van der Waals surface area contributed by atoms with Crippen molar-refractivity contribution in [3.8, 4) is 0 Å². The normalized spacial score (nSPS) is 11.6. The number of nitrogens with one attached hydrogen (secondary N) is 1. The Morgan fingerprint density at radius 2 is 2.18 bits per heavy atom. The van der Waals surface area contributed by atoms with Gasteiger partial charge in [-0.1, -0.05) is 0 Å². The topological polar surface area (TPSA) is 85.1 Å². The second kappa shape index (κ2) is 6.68. The van der Waals surface area contributed by atoms with E-state index in [0.717, 1.165) is 17.5 Å². The predicted octanol–water partition coefficient (Wildman–Crippen LogP) is 0.548. The van der Waals surface area contributed by atoms with Gasteiger partial charge in [0.25, 0.3) is 0 Å². The fourth-order valence-corrected chi connectivity index (χ4v) is 2.50. The van der Waals surface area contributed by atoms with E-state index in [4.69, 9.17) is 5.73 Å². The number of aryl methyl sites for hydroxylation is 1. The van der Waals surface area contributed by atoms with E-state index < -0.39 is 10.0 Å². The van der Waals surface area contributed by atoms with Crippen LogP contribution in [0.3, 0.4) is 0 Å². The smallest absolute Gasteiger partial charge is 0.211 e. The van der Waals surface area contributed by atoms with Crippen LogP contribution >= 0.6 is 0 Å². The number of unbranched alkanes of at least 4 members (excludes halogenated alkanes) is 1. The SMILES string of the molecule is Cc1cnccc1CNS(=O)(=O)CCCCN. The zero-order valence-corrected chi connectivity index (χ0v) is 10.8. The van der Waals surface area contributed by atoms with E-state index in [2.05, 4.69) is 9.71 Å². The summed E-state index contributed by atoms with van der Waals surface area (Å²) in [6.45, 7) is 2.75. The first-order valence-electron chi connectivity index (χ1n) is 5.62. The number of aromatic nitrogens is 1. The lowest BCUT2D eigenvalue weighted by molar-refractivity contribution is 0.577. The molecule has 1 aromatic rings. The van der Waals surface area contributed by atoms with Gasteiger partial charge < -0.3 is 5.73 Å². The number of rotatable bonds is 7. The maximum atomic E-state index is 11.6. The van der Waals surface area contributed by atoms with E-state index in [9.17, 15) is 8.42 Å². The molecule has 0 aliphatic rings. The number of pyridine rings is 1. The number of hydrogen-bond donors (Lipinski definition) is 2. The van der Waals surface area contributed by atoms with Crippen LogP contribution in [0.15, 0.2) is 18.5 Å². The van der Waals surface area contributed by atoms with Crippen molar-refractivity contribution in [2.24, 2.45) is 5.73 Å². The molecule has 0 aliphatic carbocycles. The molecule has 0 spiro atoms. The van der Waals surface area contributed by atoms with Crippen molar-refractivity contribution in [3.05, 3.63) is 29.6 Å². The Bertz CT molecular complexity index is 446. The minimum Gasteiger partial charge on any atom is -0.330 e. The molecular formula is C11H19N3O2S. The van der Waals surface area contributed by atoms with Crippen LogP contribution in [0.1, 0.15) is 24.0 Å². The third-order valence-corrected chi connectivity index (χ3v) is 3.90. The molecule has 96 valence electrons. The summed E-state index contributed by atoms with van der Waals surface area (Å²) in [5.41, 5.74) is 7.25. The minimum absolute atomic E-state index is 0.133. The maximum Gasteiger partial charge on any atom is 0.211 e. The van der Waals surface area contributed by atoms with Gasteiger partial charge in [-0.25, -0.2) is 13.1 Å². The number of nitrogens with two attached hydrogens (primary N) is 1. The van der Waals surface area contributed by atoms with Gasteiger partial charge >= 0.3 is 0 Å². The summed E-state index contributed by atoms with van der Waals surface area (Å²) in [7, 11) is -3.19. The highest BCUT2D eigenvalue weighted by atomic mass is 32.2. The first-order chi connectivity index (χ1) is 8.05. The molecule has 17 heavy (non-hydrogen) atoms. The van der Waals surface area contributed by atoms with E-state index >= 15 is 0 Å². The Morgan fingerprint density at radius 1 is 1.41 bits per heavy atom. The van der Waals surface area contributed by atoms with Crippen LogP contribution in [-0.2, 0) is 16.6 Å². The number of sulfonamides is 1. The average molecular weight is 257 g/mol. The molecule has 0 atom stereocenters. The summed E-state index contributed by atoms with van der Waals surface area (Å²) in [5.74, 6) is 0.133. The van der Waals surface area contributed by atoms with Crippen molar-refractivity contribution in [2.75, 3.05) is 12.3 Å². The highest BCUT2D eigenvalue weighted by Crippen LogP contribution is 2.05. The van der Waals surface area contributed by atoms with Crippen LogP contribution in [0.4, 0.5) is 0 Å². The summed E-state index contributed by atoms with van der Waals surface area (Å²) in [5, 5.41) is 0. The summed E-state index contributed by atoms with van der Waals surface area (Å²) < 4.78 is 25.8. The van der Waals surface area contributed by atoms with Crippen LogP contribution in [0.5, 0.6) is 0 Å². The molecule has 0 saturated heterocycles. The second-order valence-corrected chi connectivity index (χ2v) is 5.86. The lowest BCUT2D eigenvalue weighted by atomic mass is 10.2. The van der Waals surface area contributed by atoms with Crippen LogP contribution < -0.4 is 10.5 Å². The monoisotopic (exact) mass is 257 g/mol. The third kappa shape index (κ3) is 5.25. The van der Waals surface area contributed by atoms with Crippen LogP contribution in [0.2, 0.25) is 0 Å². The second-order valence-electron chi connectivity index (χ2n) is 3.94. The molecule has 0 amide bonds. The van der Waals surface area contributed by atoms with Crippen molar-refractivity contribution in [3.63, 3.8) is 0 Å². The lowest BCUT2D eigenvalue weighted by Gasteiger charge is -2.08. The molecule has 0 bridgehead atoms. The largest absolute Gasteiger partial charge is 0.330 e. The standard InChI is InChI=1S/C11H19N3O2S/c1-10-8-13-6-4-11(10)9-14-17(15,16)7-3-2-5-12/h4,6,8,14H,2-3,5,7,9,12H2,1H3. The van der Waals surface area contributed by atoms with Crippen LogP contribution in [0.25, 0.3) is 0 Å². The molecular weight excluding hydrogens is 238 g/mol. The van der Waals surface area contributed by atoms with Gasteiger partial charge in [0.15, 0.2) is 0 Å². The van der Waals surface area contributed by atoms with Gasteiger partial charge in [-0.2, -0.15) is 0 Å².